The smallest absolute Gasteiger partial charge is 0.337 e. The molecular formula is C8H8ClNO5S. The molecule has 1 rings (SSSR count). The Balaban J connectivity index is 3.36. The zero-order chi connectivity index (χ0) is 12.3. The van der Waals surface area contributed by atoms with Crippen molar-refractivity contribution >= 4 is 27.6 Å². The summed E-state index contributed by atoms with van der Waals surface area (Å²) in [5, 5.41) is 8.33. The van der Waals surface area contributed by atoms with Gasteiger partial charge in [-0.3, -0.25) is 0 Å². The summed E-state index contributed by atoms with van der Waals surface area (Å²) >= 11 is 5.62. The Kier molecular flexibility index (Phi) is 3.87. The van der Waals surface area contributed by atoms with Crippen LogP contribution in [-0.2, 0) is 14.8 Å². The number of carbonyl (C=O) groups is 1. The van der Waals surface area contributed by atoms with Crippen molar-refractivity contribution < 1.29 is 23.2 Å². The van der Waals surface area contributed by atoms with Gasteiger partial charge in [-0.2, -0.15) is 0 Å². The molecule has 8 heteroatoms. The minimum atomic E-state index is -4.13. The van der Waals surface area contributed by atoms with E-state index in [4.69, 9.17) is 16.8 Å². The van der Waals surface area contributed by atoms with Gasteiger partial charge in [-0.05, 0) is 18.2 Å². The minimum Gasteiger partial charge on any atom is -0.465 e. The summed E-state index contributed by atoms with van der Waals surface area (Å²) < 4.78 is 27.0. The van der Waals surface area contributed by atoms with E-state index in [1.54, 1.807) is 0 Å². The summed E-state index contributed by atoms with van der Waals surface area (Å²) in [6.07, 6.45) is 0. The fourth-order valence-electron chi connectivity index (χ4n) is 1.00. The zero-order valence-corrected chi connectivity index (χ0v) is 9.67. The Bertz CT molecular complexity index is 513. The topological polar surface area (TPSA) is 92.7 Å². The number of esters is 1. The highest BCUT2D eigenvalue weighted by Crippen LogP contribution is 2.22. The number of rotatable bonds is 3. The highest BCUT2D eigenvalue weighted by molar-refractivity contribution is 7.89. The zero-order valence-electron chi connectivity index (χ0n) is 8.10. The fraction of sp³-hybridized carbons (Fsp3) is 0.125. The van der Waals surface area contributed by atoms with Gasteiger partial charge in [0.25, 0.3) is 10.0 Å². The van der Waals surface area contributed by atoms with Gasteiger partial charge in [0.15, 0.2) is 0 Å². The first-order valence-electron chi connectivity index (χ1n) is 3.96. The molecule has 88 valence electrons. The highest BCUT2D eigenvalue weighted by Gasteiger charge is 2.19. The molecule has 0 aliphatic heterocycles. The first-order chi connectivity index (χ1) is 7.42. The van der Waals surface area contributed by atoms with Crippen LogP contribution in [0.2, 0.25) is 5.02 Å². The van der Waals surface area contributed by atoms with Gasteiger partial charge in [-0.1, -0.05) is 16.5 Å². The number of benzene rings is 1. The summed E-state index contributed by atoms with van der Waals surface area (Å²) in [4.78, 5) is 11.9. The van der Waals surface area contributed by atoms with E-state index in [2.05, 4.69) is 4.74 Å². The molecule has 0 saturated carbocycles. The molecule has 0 aromatic heterocycles. The Morgan fingerprint density at radius 3 is 2.62 bits per heavy atom. The Hall–Kier alpha value is -1.15. The molecule has 0 bridgehead atoms. The second-order valence-electron chi connectivity index (χ2n) is 2.73. The van der Waals surface area contributed by atoms with Crippen molar-refractivity contribution in [2.75, 3.05) is 7.11 Å². The van der Waals surface area contributed by atoms with Crippen LogP contribution in [0.3, 0.4) is 0 Å². The molecule has 2 N–H and O–H groups in total. The van der Waals surface area contributed by atoms with Crippen molar-refractivity contribution in [3.63, 3.8) is 0 Å². The third-order valence-electron chi connectivity index (χ3n) is 1.76. The molecule has 1 aromatic rings. The molecule has 16 heavy (non-hydrogen) atoms. The molecule has 0 saturated heterocycles. The molecular weight excluding hydrogens is 258 g/mol. The van der Waals surface area contributed by atoms with Gasteiger partial charge in [0.1, 0.15) is 4.90 Å². The van der Waals surface area contributed by atoms with Crippen LogP contribution >= 0.6 is 11.6 Å². The summed E-state index contributed by atoms with van der Waals surface area (Å²) in [5.74, 6) is -0.703. The Labute approximate surface area is 96.8 Å². The van der Waals surface area contributed by atoms with E-state index in [0.29, 0.717) is 0 Å². The maximum absolute atomic E-state index is 11.3. The monoisotopic (exact) mass is 265 g/mol. The number of hydrogen-bond donors (Lipinski definition) is 2. The predicted octanol–water partition coefficient (Wildman–Crippen LogP) is 0.794. The predicted molar refractivity (Wildman–Crippen MR) is 54.9 cm³/mol. The summed E-state index contributed by atoms with van der Waals surface area (Å²) in [7, 11) is -2.97. The van der Waals surface area contributed by atoms with Gasteiger partial charge in [0, 0.05) is 0 Å². The van der Waals surface area contributed by atoms with Gasteiger partial charge >= 0.3 is 5.97 Å². The molecule has 0 spiro atoms. The highest BCUT2D eigenvalue weighted by atomic mass is 35.5. The first-order valence-corrected chi connectivity index (χ1v) is 5.82. The number of halogens is 1. The van der Waals surface area contributed by atoms with Gasteiger partial charge in [-0.15, -0.1) is 0 Å². The van der Waals surface area contributed by atoms with E-state index in [1.807, 2.05) is 0 Å². The average molecular weight is 266 g/mol. The van der Waals surface area contributed by atoms with Gasteiger partial charge < -0.3 is 9.94 Å². The standard InChI is InChI=1S/C8H8ClNO5S/c1-15-8(11)5-2-3-6(9)7(4-5)16(13,14)10-12/h2-4,10,12H,1H3. The van der Waals surface area contributed by atoms with Crippen LogP contribution in [-0.4, -0.2) is 26.7 Å². The maximum Gasteiger partial charge on any atom is 0.337 e. The minimum absolute atomic E-state index is 0.0146. The number of sulfonamides is 1. The largest absolute Gasteiger partial charge is 0.465 e. The molecule has 0 unspecified atom stereocenters. The van der Waals surface area contributed by atoms with Crippen LogP contribution in [0.1, 0.15) is 10.4 Å². The SMILES string of the molecule is COC(=O)c1ccc(Cl)c(S(=O)(=O)NO)c1. The second-order valence-corrected chi connectivity index (χ2v) is 4.77. The van der Waals surface area contributed by atoms with Crippen molar-refractivity contribution in [3.05, 3.63) is 28.8 Å². The van der Waals surface area contributed by atoms with E-state index in [9.17, 15) is 13.2 Å². The number of hydrogen-bond acceptors (Lipinski definition) is 5. The van der Waals surface area contributed by atoms with Crippen LogP contribution < -0.4 is 4.89 Å². The molecule has 6 nitrogen and oxygen atoms in total. The molecule has 0 radical (unpaired) electrons. The van der Waals surface area contributed by atoms with Gasteiger partial charge in [0.2, 0.25) is 0 Å². The Morgan fingerprint density at radius 1 is 1.50 bits per heavy atom. The van der Waals surface area contributed by atoms with Gasteiger partial charge in [0.05, 0.1) is 17.7 Å². The maximum atomic E-state index is 11.3. The van der Waals surface area contributed by atoms with Crippen LogP contribution in [0, 0.1) is 0 Å². The second kappa shape index (κ2) is 4.79. The van der Waals surface area contributed by atoms with E-state index in [1.165, 1.54) is 12.1 Å². The third-order valence-corrected chi connectivity index (χ3v) is 3.36. The lowest BCUT2D eigenvalue weighted by Gasteiger charge is -2.06. The number of ether oxygens (including phenoxy) is 1. The summed E-state index contributed by atoms with van der Waals surface area (Å²) in [5.41, 5.74) is 0.0146. The first kappa shape index (κ1) is 12.9. The van der Waals surface area contributed by atoms with Crippen molar-refractivity contribution in [2.45, 2.75) is 4.90 Å². The van der Waals surface area contributed by atoms with Crippen molar-refractivity contribution in [2.24, 2.45) is 0 Å². The molecule has 0 atom stereocenters. The van der Waals surface area contributed by atoms with E-state index < -0.39 is 20.9 Å². The number of carbonyl (C=O) groups excluding carboxylic acids is 1. The number of methoxy groups -OCH3 is 1. The van der Waals surface area contributed by atoms with E-state index in [-0.39, 0.29) is 10.6 Å². The average Bonchev–Trinajstić information content (AvgIpc) is 2.28. The van der Waals surface area contributed by atoms with Crippen molar-refractivity contribution in [1.82, 2.24) is 4.89 Å². The molecule has 0 amide bonds. The normalized spacial score (nSPS) is 11.2. The molecule has 1 aromatic carbocycles. The van der Waals surface area contributed by atoms with Crippen LogP contribution in [0.4, 0.5) is 0 Å². The van der Waals surface area contributed by atoms with Crippen molar-refractivity contribution in [3.8, 4) is 0 Å². The van der Waals surface area contributed by atoms with Crippen LogP contribution in [0.25, 0.3) is 0 Å². The summed E-state index contributed by atoms with van der Waals surface area (Å²) in [6.45, 7) is 0. The Morgan fingerprint density at radius 2 is 2.12 bits per heavy atom. The molecule has 0 heterocycles. The molecule has 0 aliphatic rings. The van der Waals surface area contributed by atoms with E-state index >= 15 is 0 Å². The lowest BCUT2D eigenvalue weighted by molar-refractivity contribution is 0.0600. The summed E-state index contributed by atoms with van der Waals surface area (Å²) in [6, 6.07) is 3.54. The molecule has 0 fully saturated rings. The van der Waals surface area contributed by atoms with E-state index in [0.717, 1.165) is 18.1 Å². The number of nitrogens with one attached hydrogen (secondary N) is 1. The fourth-order valence-corrected chi connectivity index (χ4v) is 2.13. The lowest BCUT2D eigenvalue weighted by atomic mass is 10.2. The molecule has 0 aliphatic carbocycles. The van der Waals surface area contributed by atoms with Crippen molar-refractivity contribution in [1.29, 1.82) is 0 Å². The van der Waals surface area contributed by atoms with Crippen LogP contribution in [0.5, 0.6) is 0 Å². The van der Waals surface area contributed by atoms with Gasteiger partial charge in [-0.25, -0.2) is 13.2 Å². The van der Waals surface area contributed by atoms with Crippen LogP contribution in [0.15, 0.2) is 23.1 Å². The lowest BCUT2D eigenvalue weighted by Crippen LogP contribution is -2.20. The quantitative estimate of drug-likeness (QED) is 0.623. The third kappa shape index (κ3) is 2.50.